The first-order chi connectivity index (χ1) is 19.5. The average molecular weight is 557 g/mol. The van der Waals surface area contributed by atoms with Crippen molar-refractivity contribution in [3.63, 3.8) is 0 Å². The lowest BCUT2D eigenvalue weighted by atomic mass is 9.84. The molecule has 6 rings (SSSR count). The molecule has 4 N–H and O–H groups in total. The second kappa shape index (κ2) is 9.18. The number of hydrogen-bond donors (Lipinski definition) is 3. The normalized spacial score (nSPS) is 16.6. The van der Waals surface area contributed by atoms with Crippen molar-refractivity contribution in [3.05, 3.63) is 77.4 Å². The van der Waals surface area contributed by atoms with Crippen molar-refractivity contribution in [2.45, 2.75) is 39.2 Å². The molecule has 0 saturated heterocycles. The van der Waals surface area contributed by atoms with Crippen molar-refractivity contribution in [2.24, 2.45) is 5.41 Å². The van der Waals surface area contributed by atoms with Crippen molar-refractivity contribution in [1.82, 2.24) is 29.7 Å². The monoisotopic (exact) mass is 556 g/mol. The molecule has 1 aliphatic heterocycles. The molecule has 1 amide bonds. The molecule has 1 unspecified atom stereocenters. The fraction of sp³-hybridized carbons (Fsp3) is 0.250. The number of carbonyl (C=O) groups is 2. The smallest absolute Gasteiger partial charge is 0.309 e. The highest BCUT2D eigenvalue weighted by Gasteiger charge is 2.51. The molecule has 0 radical (unpaired) electrons. The number of rotatable bonds is 7. The first-order valence-electron chi connectivity index (χ1n) is 12.7. The van der Waals surface area contributed by atoms with Gasteiger partial charge in [-0.15, -0.1) is 0 Å². The summed E-state index contributed by atoms with van der Waals surface area (Å²) in [6.07, 6.45) is 3.04. The Morgan fingerprint density at radius 1 is 1.20 bits per heavy atom. The Morgan fingerprint density at radius 2 is 1.98 bits per heavy atom. The van der Waals surface area contributed by atoms with Crippen molar-refractivity contribution < 1.29 is 23.5 Å². The van der Waals surface area contributed by atoms with E-state index in [0.717, 1.165) is 0 Å². The summed E-state index contributed by atoms with van der Waals surface area (Å²) < 4.78 is 21.6. The van der Waals surface area contributed by atoms with Gasteiger partial charge in [-0.1, -0.05) is 18.2 Å². The van der Waals surface area contributed by atoms with Crippen LogP contribution in [0.1, 0.15) is 43.5 Å². The minimum atomic E-state index is -1.46. The summed E-state index contributed by atoms with van der Waals surface area (Å²) in [5.41, 5.74) is 5.84. The van der Waals surface area contributed by atoms with Gasteiger partial charge in [-0.05, 0) is 39.0 Å². The zero-order valence-corrected chi connectivity index (χ0v) is 22.3. The van der Waals surface area contributed by atoms with Crippen LogP contribution in [-0.2, 0) is 28.0 Å². The van der Waals surface area contributed by atoms with Crippen LogP contribution in [0.25, 0.3) is 22.6 Å². The number of carboxylic acid groups (broad SMARTS) is 1. The Kier molecular flexibility index (Phi) is 5.83. The topological polar surface area (TPSA) is 175 Å². The van der Waals surface area contributed by atoms with Gasteiger partial charge in [0.05, 0.1) is 28.6 Å². The summed E-state index contributed by atoms with van der Waals surface area (Å²) in [6.45, 7) is 4.87. The summed E-state index contributed by atoms with van der Waals surface area (Å²) in [5.74, 6) is -1.46. The Labute approximate surface area is 232 Å². The summed E-state index contributed by atoms with van der Waals surface area (Å²) in [5, 5.41) is 17.5. The van der Waals surface area contributed by atoms with Gasteiger partial charge in [0.25, 0.3) is 0 Å². The minimum Gasteiger partial charge on any atom is -0.481 e. The molecule has 13 heteroatoms. The van der Waals surface area contributed by atoms with Crippen LogP contribution in [0, 0.1) is 11.2 Å². The zero-order valence-electron chi connectivity index (χ0n) is 22.3. The Morgan fingerprint density at radius 3 is 2.73 bits per heavy atom. The molecule has 1 aromatic carbocycles. The molecule has 4 aromatic heterocycles. The molecule has 0 spiro atoms. The van der Waals surface area contributed by atoms with Gasteiger partial charge in [0, 0.05) is 18.2 Å². The molecule has 208 valence electrons. The maximum Gasteiger partial charge on any atom is 0.309 e. The van der Waals surface area contributed by atoms with Gasteiger partial charge in [0.15, 0.2) is 16.9 Å². The van der Waals surface area contributed by atoms with Gasteiger partial charge in [-0.3, -0.25) is 9.59 Å². The number of pyridine rings is 1. The highest BCUT2D eigenvalue weighted by Crippen LogP contribution is 2.45. The van der Waals surface area contributed by atoms with E-state index in [9.17, 15) is 19.1 Å². The molecule has 0 saturated carbocycles. The third kappa shape index (κ3) is 4.17. The third-order valence-electron chi connectivity index (χ3n) is 7.30. The number of nitrogens with zero attached hydrogens (tertiary/aromatic N) is 6. The van der Waals surface area contributed by atoms with Crippen LogP contribution < -0.4 is 11.1 Å². The second-order valence-corrected chi connectivity index (χ2v) is 10.7. The van der Waals surface area contributed by atoms with Crippen LogP contribution in [0.5, 0.6) is 0 Å². The van der Waals surface area contributed by atoms with Gasteiger partial charge >= 0.3 is 5.97 Å². The van der Waals surface area contributed by atoms with Crippen molar-refractivity contribution in [3.8, 4) is 11.5 Å². The first-order valence-corrected chi connectivity index (χ1v) is 12.7. The van der Waals surface area contributed by atoms with E-state index in [1.807, 2.05) is 0 Å². The summed E-state index contributed by atoms with van der Waals surface area (Å²) in [7, 11) is 0. The van der Waals surface area contributed by atoms with Crippen molar-refractivity contribution in [2.75, 3.05) is 11.1 Å². The highest BCUT2D eigenvalue weighted by molar-refractivity contribution is 6.08. The third-order valence-corrected chi connectivity index (χ3v) is 7.30. The SMILES string of the molecule is CC(C)(Cc1coc(C2(C)C(=O)Nc3nc(-c4nn(Cc5ccccc5F)c5ncccc45)nc(N)c32)n1)C(=O)O. The van der Waals surface area contributed by atoms with Gasteiger partial charge in [-0.2, -0.15) is 5.10 Å². The summed E-state index contributed by atoms with van der Waals surface area (Å²) >= 11 is 0. The lowest BCUT2D eigenvalue weighted by molar-refractivity contribution is -0.146. The number of anilines is 2. The molecular weight excluding hydrogens is 531 g/mol. The number of amides is 1. The lowest BCUT2D eigenvalue weighted by Crippen LogP contribution is -2.33. The molecule has 1 aliphatic rings. The predicted octanol–water partition coefficient (Wildman–Crippen LogP) is 3.56. The van der Waals surface area contributed by atoms with E-state index in [1.54, 1.807) is 62.0 Å². The van der Waals surface area contributed by atoms with Gasteiger partial charge < -0.3 is 20.6 Å². The van der Waals surface area contributed by atoms with Crippen LogP contribution in [0.4, 0.5) is 16.0 Å². The van der Waals surface area contributed by atoms with Crippen LogP contribution in [-0.4, -0.2) is 46.7 Å². The lowest BCUT2D eigenvalue weighted by Gasteiger charge is -2.19. The van der Waals surface area contributed by atoms with Crippen LogP contribution in [0.3, 0.4) is 0 Å². The van der Waals surface area contributed by atoms with E-state index in [0.29, 0.717) is 28.0 Å². The fourth-order valence-corrected chi connectivity index (χ4v) is 4.94. The van der Waals surface area contributed by atoms with E-state index in [2.05, 4.69) is 30.4 Å². The largest absolute Gasteiger partial charge is 0.481 e. The number of nitrogen functional groups attached to an aromatic ring is 1. The Balaban J connectivity index is 1.41. The summed E-state index contributed by atoms with van der Waals surface area (Å²) in [6, 6.07) is 9.94. The second-order valence-electron chi connectivity index (χ2n) is 10.7. The van der Waals surface area contributed by atoms with Gasteiger partial charge in [-0.25, -0.2) is 29.0 Å². The summed E-state index contributed by atoms with van der Waals surface area (Å²) in [4.78, 5) is 42.8. The molecular formula is C28H25FN8O4. The standard InChI is InChI=1S/C28H25FN8O4/c1-27(2,26(39)40)11-15-13-41-25(32-15)28(3)18-20(30)33-22(34-21(18)35-24(28)38)19-16-8-6-10-31-23(16)37(36-19)12-14-7-4-5-9-17(14)29/h4-10,13H,11-12H2,1-3H3,(H,39,40)(H3,30,33,34,35,38). The van der Waals surface area contributed by atoms with E-state index < -0.39 is 22.7 Å². The molecule has 0 fully saturated rings. The molecule has 41 heavy (non-hydrogen) atoms. The van der Waals surface area contributed by atoms with Gasteiger partial charge in [0.2, 0.25) is 11.8 Å². The molecule has 12 nitrogen and oxygen atoms in total. The number of hydrogen-bond acceptors (Lipinski definition) is 9. The quantitative estimate of drug-likeness (QED) is 0.269. The number of aromatic nitrogens is 6. The van der Waals surface area contributed by atoms with Crippen molar-refractivity contribution in [1.29, 1.82) is 0 Å². The average Bonchev–Trinajstić information content (AvgIpc) is 3.61. The van der Waals surface area contributed by atoms with Gasteiger partial charge in [0.1, 0.15) is 29.4 Å². The highest BCUT2D eigenvalue weighted by atomic mass is 19.1. The maximum absolute atomic E-state index is 14.4. The molecule has 5 heterocycles. The number of aliphatic carboxylic acids is 1. The van der Waals surface area contributed by atoms with Crippen LogP contribution in [0.15, 0.2) is 53.3 Å². The first kappa shape index (κ1) is 26.0. The number of nitrogens with one attached hydrogen (secondary N) is 1. The van der Waals surface area contributed by atoms with Crippen molar-refractivity contribution >= 4 is 34.5 Å². The number of carbonyl (C=O) groups excluding carboxylic acids is 1. The fourth-order valence-electron chi connectivity index (χ4n) is 4.94. The predicted molar refractivity (Wildman–Crippen MR) is 145 cm³/mol. The number of halogens is 1. The van der Waals surface area contributed by atoms with E-state index >= 15 is 0 Å². The maximum atomic E-state index is 14.4. The molecule has 5 aromatic rings. The molecule has 0 aliphatic carbocycles. The van der Waals surface area contributed by atoms with E-state index in [4.69, 9.17) is 10.2 Å². The Bertz CT molecular complexity index is 1860. The zero-order chi connectivity index (χ0) is 29.1. The number of carboxylic acids is 1. The van der Waals surface area contributed by atoms with E-state index in [1.165, 1.54) is 12.3 Å². The van der Waals surface area contributed by atoms with Crippen LogP contribution in [0.2, 0.25) is 0 Å². The van der Waals surface area contributed by atoms with E-state index in [-0.39, 0.29) is 47.7 Å². The number of fused-ring (bicyclic) bond motifs is 2. The number of benzene rings is 1. The number of nitrogens with two attached hydrogens (primary N) is 1. The molecule has 1 atom stereocenters. The Hall–Kier alpha value is -5.20. The van der Waals surface area contributed by atoms with Crippen LogP contribution >= 0.6 is 0 Å². The minimum absolute atomic E-state index is 0.0113. The number of oxazole rings is 1. The molecule has 0 bridgehead atoms.